The van der Waals surface area contributed by atoms with Crippen LogP contribution in [0.5, 0.6) is 0 Å². The van der Waals surface area contributed by atoms with Gasteiger partial charge in [-0.1, -0.05) is 13.8 Å². The molecule has 0 aromatic rings. The third kappa shape index (κ3) is 13.8. The van der Waals surface area contributed by atoms with Gasteiger partial charge in [0.15, 0.2) is 0 Å². The SMILES string of the molecule is CCCOCCOCCNCCNCC. The fourth-order valence-electron chi connectivity index (χ4n) is 1.09. The minimum absolute atomic E-state index is 0.703. The molecule has 0 heterocycles. The maximum atomic E-state index is 5.38. The summed E-state index contributed by atoms with van der Waals surface area (Å²) in [6.45, 7) is 11.2. The van der Waals surface area contributed by atoms with Crippen molar-refractivity contribution >= 4 is 0 Å². The van der Waals surface area contributed by atoms with E-state index >= 15 is 0 Å². The van der Waals surface area contributed by atoms with Crippen molar-refractivity contribution in [3.63, 3.8) is 0 Å². The molecule has 0 atom stereocenters. The molecule has 0 aromatic heterocycles. The minimum Gasteiger partial charge on any atom is -0.379 e. The van der Waals surface area contributed by atoms with E-state index in [2.05, 4.69) is 24.5 Å². The largest absolute Gasteiger partial charge is 0.379 e. The van der Waals surface area contributed by atoms with Crippen LogP contribution in [0, 0.1) is 0 Å². The van der Waals surface area contributed by atoms with E-state index in [1.165, 1.54) is 0 Å². The third-order valence-electron chi connectivity index (χ3n) is 1.87. The van der Waals surface area contributed by atoms with Crippen LogP contribution in [0.3, 0.4) is 0 Å². The first-order valence-corrected chi connectivity index (χ1v) is 5.98. The maximum Gasteiger partial charge on any atom is 0.0701 e. The molecule has 0 unspecified atom stereocenters. The van der Waals surface area contributed by atoms with E-state index in [4.69, 9.17) is 9.47 Å². The molecule has 4 heteroatoms. The lowest BCUT2D eigenvalue weighted by Crippen LogP contribution is -2.29. The molecule has 0 bridgehead atoms. The van der Waals surface area contributed by atoms with Gasteiger partial charge >= 0.3 is 0 Å². The number of ether oxygens (including phenoxy) is 2. The first-order valence-electron chi connectivity index (χ1n) is 5.98. The molecule has 2 N–H and O–H groups in total. The van der Waals surface area contributed by atoms with Crippen molar-refractivity contribution < 1.29 is 9.47 Å². The molecular weight excluding hydrogens is 192 g/mol. The first-order chi connectivity index (χ1) is 7.41. The number of rotatable bonds is 12. The number of hydrogen-bond acceptors (Lipinski definition) is 4. The molecule has 0 aliphatic heterocycles. The average Bonchev–Trinajstić information content (AvgIpc) is 2.26. The third-order valence-corrected chi connectivity index (χ3v) is 1.87. The Hall–Kier alpha value is -0.160. The summed E-state index contributed by atoms with van der Waals surface area (Å²) >= 11 is 0. The van der Waals surface area contributed by atoms with Gasteiger partial charge in [0.25, 0.3) is 0 Å². The number of nitrogens with one attached hydrogen (secondary N) is 2. The summed E-state index contributed by atoms with van der Waals surface area (Å²) in [5.74, 6) is 0. The van der Waals surface area contributed by atoms with Gasteiger partial charge in [-0.25, -0.2) is 0 Å². The molecule has 92 valence electrons. The molecule has 0 spiro atoms. The van der Waals surface area contributed by atoms with Crippen LogP contribution in [0.1, 0.15) is 20.3 Å². The summed E-state index contributed by atoms with van der Waals surface area (Å²) in [6, 6.07) is 0. The molecule has 4 nitrogen and oxygen atoms in total. The van der Waals surface area contributed by atoms with E-state index in [0.29, 0.717) is 13.2 Å². The second-order valence-electron chi connectivity index (χ2n) is 3.33. The Kier molecular flexibility index (Phi) is 13.7. The minimum atomic E-state index is 0.703. The highest BCUT2D eigenvalue weighted by molar-refractivity contribution is 4.49. The quantitative estimate of drug-likeness (QED) is 0.472. The topological polar surface area (TPSA) is 42.5 Å². The Balaban J connectivity index is 2.81. The van der Waals surface area contributed by atoms with E-state index in [9.17, 15) is 0 Å². The van der Waals surface area contributed by atoms with E-state index in [1.807, 2.05) is 0 Å². The van der Waals surface area contributed by atoms with Gasteiger partial charge in [-0.05, 0) is 13.0 Å². The Morgan fingerprint density at radius 3 is 2.07 bits per heavy atom. The molecule has 0 fully saturated rings. The number of hydrogen-bond donors (Lipinski definition) is 2. The van der Waals surface area contributed by atoms with Crippen LogP contribution in [-0.2, 0) is 9.47 Å². The molecule has 0 aromatic carbocycles. The van der Waals surface area contributed by atoms with Crippen LogP contribution in [0.4, 0.5) is 0 Å². The van der Waals surface area contributed by atoms with Gasteiger partial charge in [0.05, 0.1) is 19.8 Å². The van der Waals surface area contributed by atoms with Crippen molar-refractivity contribution in [1.82, 2.24) is 10.6 Å². The van der Waals surface area contributed by atoms with Gasteiger partial charge in [-0.15, -0.1) is 0 Å². The molecule has 0 saturated carbocycles. The second-order valence-corrected chi connectivity index (χ2v) is 3.33. The molecule has 15 heavy (non-hydrogen) atoms. The Morgan fingerprint density at radius 2 is 1.40 bits per heavy atom. The van der Waals surface area contributed by atoms with Gasteiger partial charge < -0.3 is 20.1 Å². The van der Waals surface area contributed by atoms with Crippen molar-refractivity contribution in [2.45, 2.75) is 20.3 Å². The Morgan fingerprint density at radius 1 is 0.733 bits per heavy atom. The zero-order valence-electron chi connectivity index (χ0n) is 10.2. The fraction of sp³-hybridized carbons (Fsp3) is 1.00. The molecule has 0 radical (unpaired) electrons. The number of likely N-dealkylation sites (N-methyl/N-ethyl adjacent to an activating group) is 1. The smallest absolute Gasteiger partial charge is 0.0701 e. The standard InChI is InChI=1S/C11H26N2O2/c1-3-8-14-10-11-15-9-7-13-6-5-12-4-2/h12-13H,3-11H2,1-2H3. The average molecular weight is 218 g/mol. The lowest BCUT2D eigenvalue weighted by Gasteiger charge is -2.06. The molecule has 0 aliphatic rings. The summed E-state index contributed by atoms with van der Waals surface area (Å²) in [5, 5.41) is 6.54. The monoisotopic (exact) mass is 218 g/mol. The summed E-state index contributed by atoms with van der Waals surface area (Å²) in [7, 11) is 0. The second kappa shape index (κ2) is 13.8. The van der Waals surface area contributed by atoms with Crippen LogP contribution >= 0.6 is 0 Å². The van der Waals surface area contributed by atoms with E-state index in [1.54, 1.807) is 0 Å². The molecular formula is C11H26N2O2. The van der Waals surface area contributed by atoms with Gasteiger partial charge in [0.1, 0.15) is 0 Å². The van der Waals surface area contributed by atoms with Crippen LogP contribution in [-0.4, -0.2) is 52.6 Å². The van der Waals surface area contributed by atoms with Gasteiger partial charge in [0, 0.05) is 26.2 Å². The summed E-state index contributed by atoms with van der Waals surface area (Å²) in [5.41, 5.74) is 0. The Bertz CT molecular complexity index is 101. The van der Waals surface area contributed by atoms with Gasteiger partial charge in [-0.3, -0.25) is 0 Å². The fourth-order valence-corrected chi connectivity index (χ4v) is 1.09. The van der Waals surface area contributed by atoms with Gasteiger partial charge in [0.2, 0.25) is 0 Å². The summed E-state index contributed by atoms with van der Waals surface area (Å²) in [6.07, 6.45) is 1.08. The van der Waals surface area contributed by atoms with Crippen LogP contribution in [0.2, 0.25) is 0 Å². The van der Waals surface area contributed by atoms with Crippen LogP contribution in [0.25, 0.3) is 0 Å². The van der Waals surface area contributed by atoms with E-state index in [-0.39, 0.29) is 0 Å². The van der Waals surface area contributed by atoms with Crippen molar-refractivity contribution in [3.8, 4) is 0 Å². The highest BCUT2D eigenvalue weighted by Gasteiger charge is 1.89. The normalized spacial score (nSPS) is 10.8. The van der Waals surface area contributed by atoms with Crippen LogP contribution in [0.15, 0.2) is 0 Å². The zero-order valence-corrected chi connectivity index (χ0v) is 10.2. The van der Waals surface area contributed by atoms with Crippen molar-refractivity contribution in [2.24, 2.45) is 0 Å². The summed E-state index contributed by atoms with van der Waals surface area (Å²) < 4.78 is 10.7. The maximum absolute atomic E-state index is 5.38. The van der Waals surface area contributed by atoms with Crippen molar-refractivity contribution in [3.05, 3.63) is 0 Å². The van der Waals surface area contributed by atoms with Gasteiger partial charge in [-0.2, -0.15) is 0 Å². The van der Waals surface area contributed by atoms with E-state index in [0.717, 1.165) is 45.8 Å². The zero-order chi connectivity index (χ0) is 11.2. The predicted octanol–water partition coefficient (Wildman–Crippen LogP) is 0.629. The molecule has 0 amide bonds. The first kappa shape index (κ1) is 14.8. The highest BCUT2D eigenvalue weighted by Crippen LogP contribution is 1.81. The molecule has 0 rings (SSSR count). The highest BCUT2D eigenvalue weighted by atomic mass is 16.5. The lowest BCUT2D eigenvalue weighted by molar-refractivity contribution is 0.0491. The van der Waals surface area contributed by atoms with Crippen molar-refractivity contribution in [2.75, 3.05) is 52.6 Å². The van der Waals surface area contributed by atoms with Crippen LogP contribution < -0.4 is 10.6 Å². The van der Waals surface area contributed by atoms with E-state index < -0.39 is 0 Å². The molecule has 0 saturated heterocycles. The molecule has 0 aliphatic carbocycles. The Labute approximate surface area is 93.7 Å². The summed E-state index contributed by atoms with van der Waals surface area (Å²) in [4.78, 5) is 0. The van der Waals surface area contributed by atoms with Crippen molar-refractivity contribution in [1.29, 1.82) is 0 Å². The lowest BCUT2D eigenvalue weighted by atomic mass is 10.5. The predicted molar refractivity (Wildman–Crippen MR) is 63.3 cm³/mol.